The quantitative estimate of drug-likeness (QED) is 0.774. The summed E-state index contributed by atoms with van der Waals surface area (Å²) in [4.78, 5) is 0. The molecule has 2 aliphatic rings. The van der Waals surface area contributed by atoms with Crippen molar-refractivity contribution >= 4 is 24.2 Å². The molecule has 0 N–H and O–H groups in total. The SMILES string of the molecule is CC1(c2ccc(B3OC(C)(C)C(C)(C)O3)c(Cl)c2)CC1. The lowest BCUT2D eigenvalue weighted by Crippen LogP contribution is -2.41. The molecule has 0 radical (unpaired) electrons. The van der Waals surface area contributed by atoms with Gasteiger partial charge in [0.05, 0.1) is 11.2 Å². The molecule has 1 aliphatic carbocycles. The molecule has 0 atom stereocenters. The third-order valence-corrected chi connectivity index (χ3v) is 5.53. The maximum Gasteiger partial charge on any atom is 0.496 e. The first-order valence-corrected chi connectivity index (χ1v) is 7.68. The summed E-state index contributed by atoms with van der Waals surface area (Å²) in [7, 11) is -0.381. The highest BCUT2D eigenvalue weighted by Crippen LogP contribution is 2.48. The molecule has 108 valence electrons. The fourth-order valence-corrected chi connectivity index (χ4v) is 2.81. The maximum absolute atomic E-state index is 6.47. The highest BCUT2D eigenvalue weighted by molar-refractivity contribution is 6.65. The van der Waals surface area contributed by atoms with Crippen LogP contribution in [-0.2, 0) is 14.7 Å². The molecule has 0 spiro atoms. The molecule has 2 fully saturated rings. The maximum atomic E-state index is 6.47. The van der Waals surface area contributed by atoms with Gasteiger partial charge >= 0.3 is 7.12 Å². The topological polar surface area (TPSA) is 18.5 Å². The molecular weight excluding hydrogens is 270 g/mol. The number of hydrogen-bond donors (Lipinski definition) is 0. The van der Waals surface area contributed by atoms with Crippen LogP contribution in [0.5, 0.6) is 0 Å². The van der Waals surface area contributed by atoms with Gasteiger partial charge in [-0.1, -0.05) is 30.7 Å². The lowest BCUT2D eigenvalue weighted by Gasteiger charge is -2.32. The normalized spacial score (nSPS) is 25.8. The number of benzene rings is 1. The van der Waals surface area contributed by atoms with Gasteiger partial charge in [-0.25, -0.2) is 0 Å². The van der Waals surface area contributed by atoms with Gasteiger partial charge in [-0.3, -0.25) is 0 Å². The van der Waals surface area contributed by atoms with Gasteiger partial charge in [-0.2, -0.15) is 0 Å². The Bertz CT molecular complexity index is 533. The standard InChI is InChI=1S/C16H22BClO2/c1-14(2)15(3,4)20-17(19-14)12-7-6-11(10-13(12)18)16(5)8-9-16/h6-7,10H,8-9H2,1-5H3. The van der Waals surface area contributed by atoms with Crippen molar-refractivity contribution in [2.45, 2.75) is 64.1 Å². The van der Waals surface area contributed by atoms with E-state index in [1.165, 1.54) is 18.4 Å². The Labute approximate surface area is 126 Å². The van der Waals surface area contributed by atoms with Crippen LogP contribution in [-0.4, -0.2) is 18.3 Å². The zero-order valence-corrected chi connectivity index (χ0v) is 13.7. The van der Waals surface area contributed by atoms with Gasteiger partial charge in [0, 0.05) is 10.5 Å². The molecule has 1 aromatic carbocycles. The van der Waals surface area contributed by atoms with Gasteiger partial charge in [0.1, 0.15) is 0 Å². The van der Waals surface area contributed by atoms with Crippen molar-refractivity contribution in [2.75, 3.05) is 0 Å². The Morgan fingerprint density at radius 1 is 1.00 bits per heavy atom. The van der Waals surface area contributed by atoms with E-state index in [0.717, 1.165) is 10.5 Å². The van der Waals surface area contributed by atoms with E-state index in [9.17, 15) is 0 Å². The Kier molecular flexibility index (Phi) is 3.07. The first-order chi connectivity index (χ1) is 9.15. The van der Waals surface area contributed by atoms with E-state index in [-0.39, 0.29) is 18.3 Å². The van der Waals surface area contributed by atoms with Crippen molar-refractivity contribution in [3.8, 4) is 0 Å². The van der Waals surface area contributed by atoms with E-state index in [2.05, 4.69) is 52.8 Å². The van der Waals surface area contributed by atoms with E-state index in [4.69, 9.17) is 20.9 Å². The average Bonchev–Trinajstić information content (AvgIpc) is 3.01. The molecule has 0 amide bonds. The van der Waals surface area contributed by atoms with Gasteiger partial charge in [-0.05, 0) is 57.6 Å². The molecule has 1 aliphatic heterocycles. The first kappa shape index (κ1) is 14.4. The highest BCUT2D eigenvalue weighted by Gasteiger charge is 2.52. The minimum Gasteiger partial charge on any atom is -0.399 e. The van der Waals surface area contributed by atoms with Gasteiger partial charge < -0.3 is 9.31 Å². The summed E-state index contributed by atoms with van der Waals surface area (Å²) in [6.45, 7) is 10.5. The largest absolute Gasteiger partial charge is 0.496 e. The molecule has 0 aromatic heterocycles. The van der Waals surface area contributed by atoms with Crippen LogP contribution in [0.1, 0.15) is 53.0 Å². The smallest absolute Gasteiger partial charge is 0.399 e. The Morgan fingerprint density at radius 2 is 1.55 bits per heavy atom. The van der Waals surface area contributed by atoms with Crippen LogP contribution in [0.4, 0.5) is 0 Å². The predicted molar refractivity (Wildman–Crippen MR) is 83.8 cm³/mol. The predicted octanol–water partition coefficient (Wildman–Crippen LogP) is 3.69. The molecule has 1 saturated carbocycles. The molecule has 0 unspecified atom stereocenters. The van der Waals surface area contributed by atoms with Crippen molar-refractivity contribution in [3.63, 3.8) is 0 Å². The summed E-state index contributed by atoms with van der Waals surface area (Å²) in [5, 5.41) is 0.745. The molecule has 4 heteroatoms. The molecule has 0 bridgehead atoms. The summed E-state index contributed by atoms with van der Waals surface area (Å²) in [6.07, 6.45) is 2.50. The molecule has 1 saturated heterocycles. The van der Waals surface area contributed by atoms with Gasteiger partial charge in [-0.15, -0.1) is 0 Å². The summed E-state index contributed by atoms with van der Waals surface area (Å²) >= 11 is 6.47. The third-order valence-electron chi connectivity index (χ3n) is 5.20. The van der Waals surface area contributed by atoms with Crippen LogP contribution in [0.15, 0.2) is 18.2 Å². The second-order valence-electron chi connectivity index (χ2n) is 7.39. The molecule has 20 heavy (non-hydrogen) atoms. The van der Waals surface area contributed by atoms with Crippen LogP contribution in [0.3, 0.4) is 0 Å². The van der Waals surface area contributed by atoms with E-state index in [0.29, 0.717) is 5.41 Å². The van der Waals surface area contributed by atoms with Gasteiger partial charge in [0.15, 0.2) is 0 Å². The monoisotopic (exact) mass is 292 g/mol. The van der Waals surface area contributed by atoms with Crippen molar-refractivity contribution in [3.05, 3.63) is 28.8 Å². The summed E-state index contributed by atoms with van der Waals surface area (Å²) in [6, 6.07) is 6.30. The second kappa shape index (κ2) is 4.25. The van der Waals surface area contributed by atoms with Crippen molar-refractivity contribution < 1.29 is 9.31 Å². The molecule has 1 aromatic rings. The van der Waals surface area contributed by atoms with Gasteiger partial charge in [0.2, 0.25) is 0 Å². The Hall–Kier alpha value is -0.505. The van der Waals surface area contributed by atoms with Crippen molar-refractivity contribution in [2.24, 2.45) is 0 Å². The van der Waals surface area contributed by atoms with E-state index in [1.54, 1.807) is 0 Å². The van der Waals surface area contributed by atoms with Crippen LogP contribution in [0.25, 0.3) is 0 Å². The van der Waals surface area contributed by atoms with Crippen LogP contribution in [0, 0.1) is 0 Å². The zero-order chi connectivity index (χ0) is 14.8. The fraction of sp³-hybridized carbons (Fsp3) is 0.625. The lowest BCUT2D eigenvalue weighted by atomic mass is 9.78. The van der Waals surface area contributed by atoms with E-state index >= 15 is 0 Å². The first-order valence-electron chi connectivity index (χ1n) is 7.30. The van der Waals surface area contributed by atoms with Crippen LogP contribution >= 0.6 is 11.6 Å². The highest BCUT2D eigenvalue weighted by atomic mass is 35.5. The summed E-state index contributed by atoms with van der Waals surface area (Å²) in [5.74, 6) is 0. The molecule has 3 rings (SSSR count). The molecule has 2 nitrogen and oxygen atoms in total. The van der Waals surface area contributed by atoms with Crippen LogP contribution < -0.4 is 5.46 Å². The van der Waals surface area contributed by atoms with Crippen LogP contribution in [0.2, 0.25) is 5.02 Å². The third kappa shape index (κ3) is 2.20. The van der Waals surface area contributed by atoms with Crippen molar-refractivity contribution in [1.82, 2.24) is 0 Å². The number of rotatable bonds is 2. The molecular formula is C16H22BClO2. The Balaban J connectivity index is 1.89. The summed E-state index contributed by atoms with van der Waals surface area (Å²) < 4.78 is 12.1. The average molecular weight is 293 g/mol. The fourth-order valence-electron chi connectivity index (χ4n) is 2.54. The second-order valence-corrected chi connectivity index (χ2v) is 7.79. The zero-order valence-electron chi connectivity index (χ0n) is 12.9. The van der Waals surface area contributed by atoms with E-state index in [1.807, 2.05) is 0 Å². The lowest BCUT2D eigenvalue weighted by molar-refractivity contribution is 0.00578. The number of hydrogen-bond acceptors (Lipinski definition) is 2. The molecule has 1 heterocycles. The minimum absolute atomic E-state index is 0.331. The minimum atomic E-state index is -0.381. The Morgan fingerprint density at radius 3 is 2.00 bits per heavy atom. The van der Waals surface area contributed by atoms with Gasteiger partial charge in [0.25, 0.3) is 0 Å². The van der Waals surface area contributed by atoms with E-state index < -0.39 is 0 Å². The number of halogens is 1. The summed E-state index contributed by atoms with van der Waals surface area (Å²) in [5.41, 5.74) is 1.92. The van der Waals surface area contributed by atoms with Crippen molar-refractivity contribution in [1.29, 1.82) is 0 Å².